The average molecular weight is 450 g/mol. The summed E-state index contributed by atoms with van der Waals surface area (Å²) in [6.45, 7) is 4.55. The minimum Gasteiger partial charge on any atom is -0.503 e. The standard InChI is InChI=1S/C26H27NO6/c1-16(2)32-20-12-7-5-10-18(20)23-22(25(29)26(30)27(23)13-8-14-31-3)24(28)21-15-17-9-4-6-11-19(17)33-21/h4-7,9-12,15-16,23,29H,8,13-14H2,1-3H3. The van der Waals surface area contributed by atoms with Crippen molar-refractivity contribution in [3.63, 3.8) is 0 Å². The fourth-order valence-corrected chi connectivity index (χ4v) is 4.11. The molecule has 1 aliphatic heterocycles. The molecule has 1 aliphatic rings. The fourth-order valence-electron chi connectivity index (χ4n) is 4.11. The number of amides is 1. The van der Waals surface area contributed by atoms with Gasteiger partial charge in [0.05, 0.1) is 17.7 Å². The molecule has 0 radical (unpaired) electrons. The Labute approximate surface area is 192 Å². The van der Waals surface area contributed by atoms with Crippen molar-refractivity contribution in [1.82, 2.24) is 4.90 Å². The Morgan fingerprint density at radius 3 is 2.61 bits per heavy atom. The molecule has 7 heteroatoms. The Hall–Kier alpha value is -3.58. The molecule has 1 aromatic heterocycles. The topological polar surface area (TPSA) is 89.2 Å². The molecule has 0 spiro atoms. The SMILES string of the molecule is COCCCN1C(=O)C(O)=C(C(=O)c2cc3ccccc3o2)C1c1ccccc1OC(C)C. The lowest BCUT2D eigenvalue weighted by molar-refractivity contribution is -0.129. The van der Waals surface area contributed by atoms with Crippen LogP contribution in [0.1, 0.15) is 42.4 Å². The Kier molecular flexibility index (Phi) is 6.51. The van der Waals surface area contributed by atoms with E-state index in [9.17, 15) is 14.7 Å². The molecule has 3 aromatic rings. The Morgan fingerprint density at radius 1 is 1.15 bits per heavy atom. The summed E-state index contributed by atoms with van der Waals surface area (Å²) in [5, 5.41) is 11.6. The molecule has 0 bridgehead atoms. The van der Waals surface area contributed by atoms with Crippen molar-refractivity contribution < 1.29 is 28.6 Å². The number of para-hydroxylation sites is 2. The van der Waals surface area contributed by atoms with Gasteiger partial charge in [0.15, 0.2) is 11.5 Å². The van der Waals surface area contributed by atoms with E-state index in [1.165, 1.54) is 4.90 Å². The largest absolute Gasteiger partial charge is 0.503 e. The van der Waals surface area contributed by atoms with E-state index >= 15 is 0 Å². The van der Waals surface area contributed by atoms with Gasteiger partial charge in [0.1, 0.15) is 11.3 Å². The van der Waals surface area contributed by atoms with Gasteiger partial charge >= 0.3 is 0 Å². The molecule has 2 heterocycles. The third kappa shape index (κ3) is 4.36. The quantitative estimate of drug-likeness (QED) is 0.372. The first-order valence-electron chi connectivity index (χ1n) is 10.9. The van der Waals surface area contributed by atoms with Crippen LogP contribution in [0, 0.1) is 0 Å². The molecule has 1 atom stereocenters. The smallest absolute Gasteiger partial charge is 0.290 e. The summed E-state index contributed by atoms with van der Waals surface area (Å²) >= 11 is 0. The van der Waals surface area contributed by atoms with Crippen molar-refractivity contribution in [2.45, 2.75) is 32.4 Å². The molecule has 4 rings (SSSR count). The maximum atomic E-state index is 13.6. The van der Waals surface area contributed by atoms with Crippen molar-refractivity contribution in [2.75, 3.05) is 20.3 Å². The summed E-state index contributed by atoms with van der Waals surface area (Å²) in [5.41, 5.74) is 1.17. The van der Waals surface area contributed by atoms with Crippen LogP contribution in [-0.4, -0.2) is 48.1 Å². The molecule has 7 nitrogen and oxygen atoms in total. The molecular weight excluding hydrogens is 422 g/mol. The van der Waals surface area contributed by atoms with Crippen LogP contribution in [0.4, 0.5) is 0 Å². The number of Topliss-reactive ketones (excluding diaryl/α,β-unsaturated/α-hetero) is 1. The van der Waals surface area contributed by atoms with E-state index in [4.69, 9.17) is 13.9 Å². The van der Waals surface area contributed by atoms with Crippen molar-refractivity contribution in [3.05, 3.63) is 77.3 Å². The van der Waals surface area contributed by atoms with Crippen molar-refractivity contribution in [3.8, 4) is 5.75 Å². The maximum Gasteiger partial charge on any atom is 0.290 e. The minimum atomic E-state index is -0.815. The number of ether oxygens (including phenoxy) is 2. The normalized spacial score (nSPS) is 16.3. The van der Waals surface area contributed by atoms with Crippen LogP contribution < -0.4 is 4.74 Å². The Balaban J connectivity index is 1.81. The van der Waals surface area contributed by atoms with Gasteiger partial charge < -0.3 is 23.9 Å². The number of rotatable bonds is 9. The second kappa shape index (κ2) is 9.50. The van der Waals surface area contributed by atoms with Gasteiger partial charge in [-0.3, -0.25) is 9.59 Å². The van der Waals surface area contributed by atoms with E-state index in [1.807, 2.05) is 50.2 Å². The minimum absolute atomic E-state index is 0.0173. The van der Waals surface area contributed by atoms with E-state index in [0.29, 0.717) is 36.5 Å². The lowest BCUT2D eigenvalue weighted by Crippen LogP contribution is -2.33. The van der Waals surface area contributed by atoms with E-state index in [0.717, 1.165) is 5.39 Å². The molecule has 172 valence electrons. The van der Waals surface area contributed by atoms with Gasteiger partial charge in [0.25, 0.3) is 5.91 Å². The summed E-state index contributed by atoms with van der Waals surface area (Å²) in [4.78, 5) is 28.2. The van der Waals surface area contributed by atoms with E-state index in [-0.39, 0.29) is 17.4 Å². The molecular formula is C26H27NO6. The van der Waals surface area contributed by atoms with Crippen LogP contribution in [0.2, 0.25) is 0 Å². The zero-order valence-electron chi connectivity index (χ0n) is 18.9. The van der Waals surface area contributed by atoms with Gasteiger partial charge in [-0.15, -0.1) is 0 Å². The highest BCUT2D eigenvalue weighted by Crippen LogP contribution is 2.43. The van der Waals surface area contributed by atoms with E-state index in [2.05, 4.69) is 0 Å². The van der Waals surface area contributed by atoms with Crippen LogP contribution in [0.5, 0.6) is 5.75 Å². The third-order valence-corrected chi connectivity index (χ3v) is 5.52. The predicted octanol–water partition coefficient (Wildman–Crippen LogP) is 4.83. The highest BCUT2D eigenvalue weighted by Gasteiger charge is 2.45. The summed E-state index contributed by atoms with van der Waals surface area (Å²) in [6.07, 6.45) is 0.433. The van der Waals surface area contributed by atoms with Crippen molar-refractivity contribution >= 4 is 22.7 Å². The molecule has 0 saturated heterocycles. The van der Waals surface area contributed by atoms with Gasteiger partial charge in [0, 0.05) is 31.2 Å². The number of nitrogens with zero attached hydrogens (tertiary/aromatic N) is 1. The van der Waals surface area contributed by atoms with Crippen LogP contribution in [0.25, 0.3) is 11.0 Å². The summed E-state index contributed by atoms with van der Waals surface area (Å²) in [5.74, 6) is -1.09. The summed E-state index contributed by atoms with van der Waals surface area (Å²) in [7, 11) is 1.58. The molecule has 1 unspecified atom stereocenters. The van der Waals surface area contributed by atoms with Crippen LogP contribution >= 0.6 is 0 Å². The first-order valence-corrected chi connectivity index (χ1v) is 10.9. The lowest BCUT2D eigenvalue weighted by Gasteiger charge is -2.28. The first-order chi connectivity index (χ1) is 15.9. The zero-order chi connectivity index (χ0) is 23.5. The number of hydrogen-bond acceptors (Lipinski definition) is 6. The molecule has 0 saturated carbocycles. The number of methoxy groups -OCH3 is 1. The lowest BCUT2D eigenvalue weighted by atomic mass is 9.94. The zero-order valence-corrected chi connectivity index (χ0v) is 18.9. The number of fused-ring (bicyclic) bond motifs is 1. The van der Waals surface area contributed by atoms with Gasteiger partial charge in [-0.25, -0.2) is 0 Å². The van der Waals surface area contributed by atoms with E-state index in [1.54, 1.807) is 25.3 Å². The number of aliphatic hydroxyl groups is 1. The van der Waals surface area contributed by atoms with Gasteiger partial charge in [-0.05, 0) is 38.5 Å². The predicted molar refractivity (Wildman–Crippen MR) is 123 cm³/mol. The second-order valence-corrected chi connectivity index (χ2v) is 8.19. The van der Waals surface area contributed by atoms with Crippen molar-refractivity contribution in [2.24, 2.45) is 0 Å². The number of furan rings is 1. The van der Waals surface area contributed by atoms with Crippen LogP contribution in [-0.2, 0) is 9.53 Å². The first kappa shape index (κ1) is 22.6. The Bertz CT molecular complexity index is 1180. The van der Waals surface area contributed by atoms with E-state index < -0.39 is 23.5 Å². The van der Waals surface area contributed by atoms with Gasteiger partial charge in [0.2, 0.25) is 5.78 Å². The second-order valence-electron chi connectivity index (χ2n) is 8.19. The molecule has 0 fully saturated rings. The average Bonchev–Trinajstić information content (AvgIpc) is 3.34. The number of carbonyl (C=O) groups is 2. The maximum absolute atomic E-state index is 13.6. The third-order valence-electron chi connectivity index (χ3n) is 5.52. The number of carbonyl (C=O) groups excluding carboxylic acids is 2. The Morgan fingerprint density at radius 2 is 1.88 bits per heavy atom. The van der Waals surface area contributed by atoms with Crippen LogP contribution in [0.15, 0.2) is 70.3 Å². The summed E-state index contributed by atoms with van der Waals surface area (Å²) < 4.78 is 16.9. The molecule has 33 heavy (non-hydrogen) atoms. The van der Waals surface area contributed by atoms with Crippen LogP contribution in [0.3, 0.4) is 0 Å². The highest BCUT2D eigenvalue weighted by atomic mass is 16.5. The van der Waals surface area contributed by atoms with Crippen molar-refractivity contribution in [1.29, 1.82) is 0 Å². The molecule has 0 aliphatic carbocycles. The number of aliphatic hydroxyl groups excluding tert-OH is 1. The summed E-state index contributed by atoms with van der Waals surface area (Å²) in [6, 6.07) is 15.3. The highest BCUT2D eigenvalue weighted by molar-refractivity contribution is 6.16. The number of hydrogen-bond donors (Lipinski definition) is 1. The number of ketones is 1. The fraction of sp³-hybridized carbons (Fsp3) is 0.308. The van der Waals surface area contributed by atoms with Gasteiger partial charge in [-0.1, -0.05) is 36.4 Å². The van der Waals surface area contributed by atoms with Gasteiger partial charge in [-0.2, -0.15) is 0 Å². The molecule has 1 amide bonds. The monoisotopic (exact) mass is 449 g/mol. The molecule has 1 N–H and O–H groups in total. The number of benzene rings is 2. The molecule has 2 aromatic carbocycles.